The molecule has 0 aliphatic rings. The Morgan fingerprint density at radius 3 is 2.45 bits per heavy atom. The maximum Gasteiger partial charge on any atom is 0.307 e. The molecule has 3 aromatic carbocycles. The smallest absolute Gasteiger partial charge is 0.307 e. The molecule has 1 heterocycles. The molecule has 0 spiro atoms. The minimum atomic E-state index is -0.847. The van der Waals surface area contributed by atoms with Gasteiger partial charge in [0.25, 0.3) is 0 Å². The lowest BCUT2D eigenvalue weighted by molar-refractivity contribution is -0.136. The molecule has 1 N–H and O–H groups in total. The molecular formula is C23H17Cl2NO3. The van der Waals surface area contributed by atoms with Gasteiger partial charge < -0.3 is 14.4 Å². The Balaban J connectivity index is 1.64. The van der Waals surface area contributed by atoms with Crippen molar-refractivity contribution in [1.82, 2.24) is 4.57 Å². The van der Waals surface area contributed by atoms with Crippen LogP contribution in [-0.4, -0.2) is 15.6 Å². The maximum atomic E-state index is 11.2. The molecule has 0 amide bonds. The van der Waals surface area contributed by atoms with Gasteiger partial charge in [0.1, 0.15) is 5.75 Å². The number of rotatable bonds is 6. The average Bonchev–Trinajstić information content (AvgIpc) is 3.02. The molecule has 146 valence electrons. The van der Waals surface area contributed by atoms with E-state index in [2.05, 4.69) is 4.57 Å². The summed E-state index contributed by atoms with van der Waals surface area (Å²) in [4.78, 5) is 11.2. The second kappa shape index (κ2) is 8.19. The number of nitrogens with zero attached hydrogens (tertiary/aromatic N) is 1. The lowest BCUT2D eigenvalue weighted by atomic mass is 10.1. The van der Waals surface area contributed by atoms with E-state index in [1.807, 2.05) is 54.7 Å². The Bertz CT molecular complexity index is 1180. The summed E-state index contributed by atoms with van der Waals surface area (Å²) < 4.78 is 7.96. The van der Waals surface area contributed by atoms with Gasteiger partial charge in [0, 0.05) is 23.6 Å². The lowest BCUT2D eigenvalue weighted by Crippen LogP contribution is -2.00. The molecule has 0 atom stereocenters. The number of carbonyl (C=O) groups is 1. The van der Waals surface area contributed by atoms with E-state index in [1.54, 1.807) is 18.2 Å². The largest absolute Gasteiger partial charge is 0.481 e. The Morgan fingerprint density at radius 1 is 0.966 bits per heavy atom. The van der Waals surface area contributed by atoms with E-state index in [0.29, 0.717) is 28.1 Å². The fourth-order valence-electron chi connectivity index (χ4n) is 3.36. The van der Waals surface area contributed by atoms with Crippen LogP contribution in [0, 0.1) is 0 Å². The van der Waals surface area contributed by atoms with Gasteiger partial charge >= 0.3 is 5.97 Å². The quantitative estimate of drug-likeness (QED) is 0.387. The Labute approximate surface area is 177 Å². The van der Waals surface area contributed by atoms with Crippen molar-refractivity contribution in [2.45, 2.75) is 13.0 Å². The van der Waals surface area contributed by atoms with Gasteiger partial charge in [-0.15, -0.1) is 0 Å². The number of hydrogen-bond acceptors (Lipinski definition) is 2. The van der Waals surface area contributed by atoms with E-state index < -0.39 is 5.97 Å². The van der Waals surface area contributed by atoms with Crippen LogP contribution in [0.4, 0.5) is 0 Å². The number of para-hydroxylation sites is 2. The molecule has 0 fully saturated rings. The maximum absolute atomic E-state index is 11.2. The van der Waals surface area contributed by atoms with Gasteiger partial charge in [-0.1, -0.05) is 59.6 Å². The molecule has 29 heavy (non-hydrogen) atoms. The highest BCUT2D eigenvalue weighted by molar-refractivity contribution is 6.37. The second-order valence-electron chi connectivity index (χ2n) is 6.67. The number of carboxylic acids is 1. The van der Waals surface area contributed by atoms with E-state index in [-0.39, 0.29) is 6.42 Å². The monoisotopic (exact) mass is 425 g/mol. The second-order valence-corrected chi connectivity index (χ2v) is 7.48. The van der Waals surface area contributed by atoms with Crippen molar-refractivity contribution in [3.05, 3.63) is 94.1 Å². The number of carboxylic acid groups (broad SMARTS) is 1. The molecule has 0 bridgehead atoms. The third-order valence-corrected chi connectivity index (χ3v) is 5.20. The zero-order valence-corrected chi connectivity index (χ0v) is 16.8. The van der Waals surface area contributed by atoms with E-state index in [9.17, 15) is 9.90 Å². The molecule has 6 heteroatoms. The van der Waals surface area contributed by atoms with Crippen LogP contribution in [0.1, 0.15) is 11.1 Å². The highest BCUT2D eigenvalue weighted by atomic mass is 35.5. The van der Waals surface area contributed by atoms with Crippen molar-refractivity contribution in [2.24, 2.45) is 0 Å². The molecule has 0 aliphatic carbocycles. The number of aliphatic carboxylic acids is 1. The summed E-state index contributed by atoms with van der Waals surface area (Å²) >= 11 is 12.4. The van der Waals surface area contributed by atoms with Gasteiger partial charge in [-0.2, -0.15) is 0 Å². The summed E-state index contributed by atoms with van der Waals surface area (Å²) in [6.45, 7) is 0.577. The molecule has 0 radical (unpaired) electrons. The highest BCUT2D eigenvalue weighted by Gasteiger charge is 2.12. The minimum Gasteiger partial charge on any atom is -0.481 e. The van der Waals surface area contributed by atoms with Crippen LogP contribution in [0.5, 0.6) is 11.5 Å². The molecule has 4 nitrogen and oxygen atoms in total. The third-order valence-electron chi connectivity index (χ3n) is 4.60. The Morgan fingerprint density at radius 2 is 1.69 bits per heavy atom. The summed E-state index contributed by atoms with van der Waals surface area (Å²) in [5.74, 6) is 0.197. The Hall–Kier alpha value is -2.95. The van der Waals surface area contributed by atoms with Crippen LogP contribution in [-0.2, 0) is 17.8 Å². The van der Waals surface area contributed by atoms with E-state index >= 15 is 0 Å². The van der Waals surface area contributed by atoms with E-state index in [1.165, 1.54) is 0 Å². The van der Waals surface area contributed by atoms with Crippen molar-refractivity contribution in [3.8, 4) is 11.5 Å². The van der Waals surface area contributed by atoms with Gasteiger partial charge in [0.15, 0.2) is 5.75 Å². The highest BCUT2D eigenvalue weighted by Crippen LogP contribution is 2.36. The zero-order valence-electron chi connectivity index (χ0n) is 15.3. The summed E-state index contributed by atoms with van der Waals surface area (Å²) in [6.07, 6.45) is 1.89. The lowest BCUT2D eigenvalue weighted by Gasteiger charge is -2.11. The van der Waals surface area contributed by atoms with Crippen molar-refractivity contribution in [2.75, 3.05) is 0 Å². The number of fused-ring (bicyclic) bond motifs is 1. The summed E-state index contributed by atoms with van der Waals surface area (Å²) in [6, 6.07) is 20.7. The molecule has 1 aromatic heterocycles. The topological polar surface area (TPSA) is 51.5 Å². The van der Waals surface area contributed by atoms with Crippen molar-refractivity contribution < 1.29 is 14.6 Å². The predicted octanol–water partition coefficient (Wildman–Crippen LogP) is 6.42. The molecular weight excluding hydrogens is 409 g/mol. The van der Waals surface area contributed by atoms with Crippen molar-refractivity contribution in [3.63, 3.8) is 0 Å². The van der Waals surface area contributed by atoms with Crippen LogP contribution < -0.4 is 4.74 Å². The van der Waals surface area contributed by atoms with Gasteiger partial charge in [-0.25, -0.2) is 0 Å². The van der Waals surface area contributed by atoms with Crippen molar-refractivity contribution in [1.29, 1.82) is 0 Å². The number of ether oxygens (including phenoxy) is 1. The number of hydrogen-bond donors (Lipinski definition) is 1. The first-order chi connectivity index (χ1) is 14.0. The molecule has 4 aromatic rings. The van der Waals surface area contributed by atoms with Gasteiger partial charge in [-0.3, -0.25) is 4.79 Å². The zero-order chi connectivity index (χ0) is 20.4. The van der Waals surface area contributed by atoms with E-state index in [0.717, 1.165) is 22.0 Å². The van der Waals surface area contributed by atoms with Gasteiger partial charge in [0.2, 0.25) is 0 Å². The molecule has 0 saturated carbocycles. The van der Waals surface area contributed by atoms with Crippen LogP contribution >= 0.6 is 23.2 Å². The molecule has 0 unspecified atom stereocenters. The number of benzene rings is 3. The molecule has 0 saturated heterocycles. The van der Waals surface area contributed by atoms with Crippen LogP contribution in [0.25, 0.3) is 10.9 Å². The van der Waals surface area contributed by atoms with Crippen molar-refractivity contribution >= 4 is 40.1 Å². The minimum absolute atomic E-state index is 0.0122. The van der Waals surface area contributed by atoms with E-state index in [4.69, 9.17) is 27.9 Å². The fraction of sp³-hybridized carbons (Fsp3) is 0.0870. The molecule has 0 aliphatic heterocycles. The third kappa shape index (κ3) is 4.24. The first-order valence-corrected chi connectivity index (χ1v) is 9.76. The predicted molar refractivity (Wildman–Crippen MR) is 115 cm³/mol. The number of aromatic nitrogens is 1. The average molecular weight is 426 g/mol. The summed E-state index contributed by atoms with van der Waals surface area (Å²) in [5.41, 5.74) is 2.79. The SMILES string of the molecule is O=C(O)Cc1cn(Cc2cccc(Oc3c(Cl)cccc3Cl)c2)c2ccccc12. The summed E-state index contributed by atoms with van der Waals surface area (Å²) in [7, 11) is 0. The van der Waals surface area contributed by atoms with Crippen LogP contribution in [0.3, 0.4) is 0 Å². The fourth-order valence-corrected chi connectivity index (χ4v) is 3.83. The molecule has 4 rings (SSSR count). The van der Waals surface area contributed by atoms with Gasteiger partial charge in [-0.05, 0) is 41.5 Å². The van der Waals surface area contributed by atoms with Crippen LogP contribution in [0.2, 0.25) is 10.0 Å². The first kappa shape index (κ1) is 19.4. The van der Waals surface area contributed by atoms with Crippen LogP contribution in [0.15, 0.2) is 72.9 Å². The Kier molecular flexibility index (Phi) is 5.47. The standard InChI is InChI=1S/C23H17Cl2NO3/c24-19-8-4-9-20(25)23(19)29-17-6-3-5-15(11-17)13-26-14-16(12-22(27)28)18-7-1-2-10-21(18)26/h1-11,14H,12-13H2,(H,27,28). The first-order valence-electron chi connectivity index (χ1n) is 9.00. The summed E-state index contributed by atoms with van der Waals surface area (Å²) in [5, 5.41) is 11.0. The number of halogens is 2. The van der Waals surface area contributed by atoms with Gasteiger partial charge in [0.05, 0.1) is 16.5 Å². The normalized spacial score (nSPS) is 11.0.